The number of benzene rings is 2. The molecule has 0 unspecified atom stereocenters. The molecule has 0 aliphatic carbocycles. The number of carbonyl (C=O) groups excluding carboxylic acids is 1. The van der Waals surface area contributed by atoms with Crippen LogP contribution in [0.3, 0.4) is 0 Å². The van der Waals surface area contributed by atoms with Gasteiger partial charge in [0, 0.05) is 31.6 Å². The van der Waals surface area contributed by atoms with Crippen LogP contribution in [0, 0.1) is 6.92 Å². The summed E-state index contributed by atoms with van der Waals surface area (Å²) in [6.45, 7) is 4.16. The van der Waals surface area contributed by atoms with E-state index in [9.17, 15) is 4.79 Å². The van der Waals surface area contributed by atoms with E-state index in [2.05, 4.69) is 0 Å². The summed E-state index contributed by atoms with van der Waals surface area (Å²) in [5.74, 6) is 0.693. The zero-order valence-corrected chi connectivity index (χ0v) is 17.8. The molecule has 8 heteroatoms. The van der Waals surface area contributed by atoms with Gasteiger partial charge in [0.1, 0.15) is 13.7 Å². The van der Waals surface area contributed by atoms with Crippen LogP contribution in [0.4, 0.5) is 0 Å². The quantitative estimate of drug-likeness (QED) is 0.603. The number of halogens is 2. The number of hydrogen-bond donors (Lipinski definition) is 0. The Hall–Kier alpha value is -2.02. The number of nitrogens with zero attached hydrogens (tertiary/aromatic N) is 3. The highest BCUT2D eigenvalue weighted by Crippen LogP contribution is 2.32. The molecule has 1 amide bonds. The van der Waals surface area contributed by atoms with E-state index in [0.29, 0.717) is 59.4 Å². The predicted molar refractivity (Wildman–Crippen MR) is 117 cm³/mol. The SMILES string of the molecule is [B]c1cc(C)c2nc(Cc3c(Cl)ccc(C(=O)N4CCOCC4)c3Cl)n(C)c2c1. The van der Waals surface area contributed by atoms with E-state index in [4.69, 9.17) is 40.8 Å². The van der Waals surface area contributed by atoms with Gasteiger partial charge in [-0.1, -0.05) is 34.7 Å². The maximum atomic E-state index is 12.9. The minimum Gasteiger partial charge on any atom is -0.378 e. The first-order valence-corrected chi connectivity index (χ1v) is 10.2. The van der Waals surface area contributed by atoms with Crippen molar-refractivity contribution in [1.82, 2.24) is 14.5 Å². The van der Waals surface area contributed by atoms with Crippen LogP contribution >= 0.6 is 23.2 Å². The lowest BCUT2D eigenvalue weighted by Crippen LogP contribution is -2.40. The van der Waals surface area contributed by atoms with E-state index in [1.165, 1.54) is 0 Å². The zero-order chi connectivity index (χ0) is 20.7. The van der Waals surface area contributed by atoms with E-state index in [-0.39, 0.29) is 5.91 Å². The fourth-order valence-electron chi connectivity index (χ4n) is 3.71. The normalized spacial score (nSPS) is 14.6. The monoisotopic (exact) mass is 427 g/mol. The molecule has 0 spiro atoms. The molecule has 5 nitrogen and oxygen atoms in total. The molecule has 29 heavy (non-hydrogen) atoms. The van der Waals surface area contributed by atoms with Crippen molar-refractivity contribution in [3.63, 3.8) is 0 Å². The van der Waals surface area contributed by atoms with Crippen LogP contribution in [0.25, 0.3) is 11.0 Å². The van der Waals surface area contributed by atoms with Gasteiger partial charge in [0.2, 0.25) is 0 Å². The molecule has 1 aliphatic heterocycles. The summed E-state index contributed by atoms with van der Waals surface area (Å²) in [6.07, 6.45) is 0.409. The Labute approximate surface area is 181 Å². The highest BCUT2D eigenvalue weighted by atomic mass is 35.5. The largest absolute Gasteiger partial charge is 0.378 e. The number of morpholine rings is 1. The first-order valence-electron chi connectivity index (χ1n) is 9.42. The van der Waals surface area contributed by atoms with Crippen molar-refractivity contribution in [3.05, 3.63) is 56.8 Å². The van der Waals surface area contributed by atoms with Crippen molar-refractivity contribution in [2.45, 2.75) is 13.3 Å². The molecule has 2 radical (unpaired) electrons. The summed E-state index contributed by atoms with van der Waals surface area (Å²) in [7, 11) is 7.93. The highest BCUT2D eigenvalue weighted by molar-refractivity contribution is 6.38. The van der Waals surface area contributed by atoms with Gasteiger partial charge in [0.25, 0.3) is 5.91 Å². The van der Waals surface area contributed by atoms with Crippen molar-refractivity contribution in [2.24, 2.45) is 7.05 Å². The number of aryl methyl sites for hydroxylation is 2. The summed E-state index contributed by atoms with van der Waals surface area (Å²) < 4.78 is 7.32. The Kier molecular flexibility index (Phi) is 5.60. The van der Waals surface area contributed by atoms with Gasteiger partial charge in [0.15, 0.2) is 0 Å². The molecule has 1 saturated heterocycles. The molecule has 0 saturated carbocycles. The molecular formula is C21H20BCl2N3O2. The smallest absolute Gasteiger partial charge is 0.255 e. The molecule has 0 N–H and O–H groups in total. The number of carbonyl (C=O) groups is 1. The van der Waals surface area contributed by atoms with E-state index in [1.807, 2.05) is 30.7 Å². The summed E-state index contributed by atoms with van der Waals surface area (Å²) >= 11 is 13.1. The maximum absolute atomic E-state index is 12.9. The van der Waals surface area contributed by atoms with Crippen LogP contribution < -0.4 is 5.46 Å². The fourth-order valence-corrected chi connectivity index (χ4v) is 4.30. The number of imidazole rings is 1. The van der Waals surface area contributed by atoms with Crippen molar-refractivity contribution in [1.29, 1.82) is 0 Å². The third-order valence-electron chi connectivity index (χ3n) is 5.34. The minimum absolute atomic E-state index is 0.107. The number of amides is 1. The van der Waals surface area contributed by atoms with Crippen molar-refractivity contribution >= 4 is 53.5 Å². The Morgan fingerprint density at radius 3 is 2.69 bits per heavy atom. The summed E-state index contributed by atoms with van der Waals surface area (Å²) in [4.78, 5) is 19.5. The molecule has 0 bridgehead atoms. The van der Waals surface area contributed by atoms with Gasteiger partial charge in [-0.3, -0.25) is 4.79 Å². The lowest BCUT2D eigenvalue weighted by atomic mass is 9.94. The third kappa shape index (κ3) is 3.77. The molecular weight excluding hydrogens is 408 g/mol. The minimum atomic E-state index is -0.107. The molecule has 3 aromatic rings. The molecule has 1 aliphatic rings. The first kappa shape index (κ1) is 20.3. The predicted octanol–water partition coefficient (Wildman–Crippen LogP) is 3.05. The van der Waals surface area contributed by atoms with Gasteiger partial charge >= 0.3 is 0 Å². The Balaban J connectivity index is 1.72. The van der Waals surface area contributed by atoms with Gasteiger partial charge in [0.05, 0.1) is 34.8 Å². The van der Waals surface area contributed by atoms with Gasteiger partial charge in [-0.25, -0.2) is 4.98 Å². The Bertz CT molecular complexity index is 1110. The third-order valence-corrected chi connectivity index (χ3v) is 6.13. The fraction of sp³-hybridized carbons (Fsp3) is 0.333. The topological polar surface area (TPSA) is 47.4 Å². The summed E-state index contributed by atoms with van der Waals surface area (Å²) in [6, 6.07) is 7.22. The van der Waals surface area contributed by atoms with E-state index in [1.54, 1.807) is 17.0 Å². The van der Waals surface area contributed by atoms with Gasteiger partial charge in [-0.15, -0.1) is 0 Å². The zero-order valence-electron chi connectivity index (χ0n) is 16.3. The number of aromatic nitrogens is 2. The average Bonchev–Trinajstić information content (AvgIpc) is 3.01. The van der Waals surface area contributed by atoms with E-state index >= 15 is 0 Å². The molecule has 2 heterocycles. The average molecular weight is 428 g/mol. The number of rotatable bonds is 3. The van der Waals surface area contributed by atoms with Crippen LogP contribution in [0.2, 0.25) is 10.0 Å². The van der Waals surface area contributed by atoms with Crippen LogP contribution in [-0.2, 0) is 18.2 Å². The number of hydrogen-bond acceptors (Lipinski definition) is 3. The standard InChI is InChI=1S/C21H20BCl2N3O2/c1-12-9-13(22)10-17-20(12)25-18(26(17)2)11-15-16(23)4-3-14(19(15)24)21(28)27-5-7-29-8-6-27/h3-4,9-10H,5-8,11H2,1-2H3. The second-order valence-electron chi connectivity index (χ2n) is 7.26. The maximum Gasteiger partial charge on any atom is 0.255 e. The van der Waals surface area contributed by atoms with Gasteiger partial charge in [-0.05, 0) is 36.2 Å². The van der Waals surface area contributed by atoms with Crippen molar-refractivity contribution < 1.29 is 9.53 Å². The van der Waals surface area contributed by atoms with Gasteiger partial charge in [-0.2, -0.15) is 0 Å². The van der Waals surface area contributed by atoms with Crippen molar-refractivity contribution in [3.8, 4) is 0 Å². The second kappa shape index (κ2) is 8.02. The van der Waals surface area contributed by atoms with Crippen LogP contribution in [-0.4, -0.2) is 54.5 Å². The first-order chi connectivity index (χ1) is 13.9. The second-order valence-corrected chi connectivity index (χ2v) is 8.05. The molecule has 1 fully saturated rings. The Morgan fingerprint density at radius 1 is 1.24 bits per heavy atom. The molecule has 0 atom stereocenters. The van der Waals surface area contributed by atoms with Gasteiger partial charge < -0.3 is 14.2 Å². The van der Waals surface area contributed by atoms with E-state index in [0.717, 1.165) is 22.4 Å². The van der Waals surface area contributed by atoms with Crippen LogP contribution in [0.1, 0.15) is 27.3 Å². The molecule has 2 aromatic carbocycles. The van der Waals surface area contributed by atoms with Crippen LogP contribution in [0.5, 0.6) is 0 Å². The molecule has 1 aromatic heterocycles. The highest BCUT2D eigenvalue weighted by Gasteiger charge is 2.24. The summed E-state index contributed by atoms with van der Waals surface area (Å²) in [5, 5.41) is 0.883. The van der Waals surface area contributed by atoms with Crippen molar-refractivity contribution in [2.75, 3.05) is 26.3 Å². The van der Waals surface area contributed by atoms with E-state index < -0.39 is 0 Å². The molecule has 4 rings (SSSR count). The number of fused-ring (bicyclic) bond motifs is 1. The summed E-state index contributed by atoms with van der Waals surface area (Å²) in [5.41, 5.74) is 4.69. The van der Waals surface area contributed by atoms with Crippen LogP contribution in [0.15, 0.2) is 24.3 Å². The molecule has 148 valence electrons. The Morgan fingerprint density at radius 2 is 1.97 bits per heavy atom. The lowest BCUT2D eigenvalue weighted by molar-refractivity contribution is 0.0303. The lowest BCUT2D eigenvalue weighted by Gasteiger charge is -2.27. The number of ether oxygens (including phenoxy) is 1.